The molecule has 0 fully saturated rings. The van der Waals surface area contributed by atoms with Crippen LogP contribution in [0.25, 0.3) is 21.7 Å². The Morgan fingerprint density at radius 2 is 1.64 bits per heavy atom. The van der Waals surface area contributed by atoms with Crippen LogP contribution < -0.4 is 10.9 Å². The van der Waals surface area contributed by atoms with Gasteiger partial charge in [0.15, 0.2) is 0 Å². The van der Waals surface area contributed by atoms with Gasteiger partial charge in [0.05, 0.1) is 0 Å². The lowest BCUT2D eigenvalue weighted by atomic mass is 9.99. The Kier molecular flexibility index (Phi) is 4.08. The fraction of sp³-hybridized carbons (Fsp3) is 0.136. The van der Waals surface area contributed by atoms with E-state index in [1.54, 1.807) is 0 Å². The van der Waals surface area contributed by atoms with Gasteiger partial charge in [-0.3, -0.25) is 4.79 Å². The number of aromatic nitrogens is 1. The molecule has 0 radical (unpaired) electrons. The minimum absolute atomic E-state index is 0.0312. The molecule has 0 aliphatic rings. The number of H-pyrrole nitrogens is 1. The Bertz CT molecular complexity index is 1090. The van der Waals surface area contributed by atoms with E-state index in [0.717, 1.165) is 16.5 Å². The largest absolute Gasteiger partial charge is 0.322 e. The molecule has 4 rings (SSSR count). The number of nitrogens with one attached hydrogen (secondary N) is 2. The number of fused-ring (bicyclic) bond motifs is 2. The van der Waals surface area contributed by atoms with Crippen molar-refractivity contribution in [2.75, 3.05) is 0 Å². The summed E-state index contributed by atoms with van der Waals surface area (Å²) >= 11 is 0. The summed E-state index contributed by atoms with van der Waals surface area (Å²) in [5.74, 6) is 0. The quantitative estimate of drug-likeness (QED) is 0.578. The van der Waals surface area contributed by atoms with Gasteiger partial charge in [-0.15, -0.1) is 0 Å². The van der Waals surface area contributed by atoms with Crippen molar-refractivity contribution in [2.24, 2.45) is 0 Å². The number of benzene rings is 3. The van der Waals surface area contributed by atoms with Gasteiger partial charge in [0.2, 0.25) is 0 Å². The van der Waals surface area contributed by atoms with E-state index in [0.29, 0.717) is 6.54 Å². The molecule has 25 heavy (non-hydrogen) atoms. The molecule has 3 aromatic carbocycles. The van der Waals surface area contributed by atoms with Crippen molar-refractivity contribution in [3.8, 4) is 0 Å². The number of hydrogen-bond donors (Lipinski definition) is 2. The second kappa shape index (κ2) is 6.54. The van der Waals surface area contributed by atoms with Gasteiger partial charge < -0.3 is 10.3 Å². The Hall–Kier alpha value is -2.91. The van der Waals surface area contributed by atoms with Gasteiger partial charge in [0.25, 0.3) is 5.56 Å². The highest BCUT2D eigenvalue weighted by Crippen LogP contribution is 2.24. The van der Waals surface area contributed by atoms with E-state index in [4.69, 9.17) is 0 Å². The van der Waals surface area contributed by atoms with Crippen LogP contribution in [-0.2, 0) is 6.54 Å². The molecule has 0 saturated carbocycles. The van der Waals surface area contributed by atoms with Crippen molar-refractivity contribution in [3.05, 3.63) is 94.3 Å². The van der Waals surface area contributed by atoms with Crippen molar-refractivity contribution in [2.45, 2.75) is 19.5 Å². The topological polar surface area (TPSA) is 44.9 Å². The van der Waals surface area contributed by atoms with E-state index >= 15 is 0 Å². The van der Waals surface area contributed by atoms with Crippen LogP contribution >= 0.6 is 0 Å². The normalized spacial score (nSPS) is 12.5. The van der Waals surface area contributed by atoms with Crippen molar-refractivity contribution in [3.63, 3.8) is 0 Å². The van der Waals surface area contributed by atoms with Crippen LogP contribution in [0.4, 0.5) is 0 Å². The number of aromatic amines is 1. The van der Waals surface area contributed by atoms with Gasteiger partial charge in [-0.1, -0.05) is 60.7 Å². The van der Waals surface area contributed by atoms with Gasteiger partial charge >= 0.3 is 0 Å². The minimum Gasteiger partial charge on any atom is -0.322 e. The monoisotopic (exact) mass is 328 g/mol. The predicted molar refractivity (Wildman–Crippen MR) is 104 cm³/mol. The van der Waals surface area contributed by atoms with Gasteiger partial charge in [0.1, 0.15) is 0 Å². The Morgan fingerprint density at radius 3 is 2.52 bits per heavy atom. The highest BCUT2D eigenvalue weighted by molar-refractivity contribution is 5.86. The second-order valence-corrected chi connectivity index (χ2v) is 6.38. The van der Waals surface area contributed by atoms with E-state index in [1.807, 2.05) is 30.3 Å². The van der Waals surface area contributed by atoms with Crippen molar-refractivity contribution < 1.29 is 0 Å². The smallest absolute Gasteiger partial charge is 0.252 e. The van der Waals surface area contributed by atoms with Gasteiger partial charge in [-0.05, 0) is 40.8 Å². The molecule has 3 heteroatoms. The lowest BCUT2D eigenvalue weighted by molar-refractivity contribution is 0.576. The molecule has 0 aliphatic heterocycles. The third kappa shape index (κ3) is 3.06. The molecule has 1 aromatic heterocycles. The third-order valence-electron chi connectivity index (χ3n) is 4.72. The summed E-state index contributed by atoms with van der Waals surface area (Å²) in [6.45, 7) is 2.67. The van der Waals surface area contributed by atoms with E-state index < -0.39 is 0 Å². The molecule has 0 saturated heterocycles. The van der Waals surface area contributed by atoms with Crippen LogP contribution in [0, 0.1) is 0 Å². The second-order valence-electron chi connectivity index (χ2n) is 6.38. The summed E-state index contributed by atoms with van der Waals surface area (Å²) < 4.78 is 0. The standard InChI is InChI=1S/C22H20N2O/c1-15(19-11-6-9-16-7-2-4-10-20(16)19)23-14-18-13-17-8-3-5-12-21(17)24-22(18)25/h2-13,15,23H,14H2,1H3,(H,24,25)/t15-/m0/s1. The summed E-state index contributed by atoms with van der Waals surface area (Å²) in [6, 6.07) is 24.7. The lowest BCUT2D eigenvalue weighted by Crippen LogP contribution is -2.23. The molecule has 1 heterocycles. The summed E-state index contributed by atoms with van der Waals surface area (Å²) in [7, 11) is 0. The first kappa shape index (κ1) is 15.6. The summed E-state index contributed by atoms with van der Waals surface area (Å²) in [5.41, 5.74) is 2.84. The molecule has 0 amide bonds. The molecule has 0 unspecified atom stereocenters. The van der Waals surface area contributed by atoms with Crippen LogP contribution in [0.3, 0.4) is 0 Å². The zero-order chi connectivity index (χ0) is 17.2. The average molecular weight is 328 g/mol. The molecule has 124 valence electrons. The van der Waals surface area contributed by atoms with E-state index in [-0.39, 0.29) is 11.6 Å². The first-order valence-corrected chi connectivity index (χ1v) is 8.54. The highest BCUT2D eigenvalue weighted by Gasteiger charge is 2.10. The molecule has 3 nitrogen and oxygen atoms in total. The van der Waals surface area contributed by atoms with Crippen LogP contribution in [0.1, 0.15) is 24.1 Å². The van der Waals surface area contributed by atoms with Crippen molar-refractivity contribution in [1.82, 2.24) is 10.3 Å². The number of para-hydroxylation sites is 1. The van der Waals surface area contributed by atoms with Crippen LogP contribution in [0.15, 0.2) is 77.6 Å². The average Bonchev–Trinajstić information content (AvgIpc) is 2.65. The fourth-order valence-electron chi connectivity index (χ4n) is 3.32. The molecule has 1 atom stereocenters. The van der Waals surface area contributed by atoms with Gasteiger partial charge in [-0.2, -0.15) is 0 Å². The van der Waals surface area contributed by atoms with Crippen LogP contribution in [-0.4, -0.2) is 4.98 Å². The van der Waals surface area contributed by atoms with E-state index in [9.17, 15) is 4.79 Å². The van der Waals surface area contributed by atoms with Gasteiger partial charge in [-0.25, -0.2) is 0 Å². The SMILES string of the molecule is C[C@H](NCc1cc2ccccc2[nH]c1=O)c1cccc2ccccc12. The zero-order valence-electron chi connectivity index (χ0n) is 14.1. The first-order chi connectivity index (χ1) is 12.2. The molecule has 0 aliphatic carbocycles. The zero-order valence-corrected chi connectivity index (χ0v) is 14.1. The molecule has 2 N–H and O–H groups in total. The Balaban J connectivity index is 1.60. The molecule has 0 spiro atoms. The molecular weight excluding hydrogens is 308 g/mol. The maximum atomic E-state index is 12.3. The molecule has 4 aromatic rings. The van der Waals surface area contributed by atoms with Crippen molar-refractivity contribution in [1.29, 1.82) is 0 Å². The molecular formula is C22H20N2O. The number of rotatable bonds is 4. The number of hydrogen-bond acceptors (Lipinski definition) is 2. The van der Waals surface area contributed by atoms with Crippen molar-refractivity contribution >= 4 is 21.7 Å². The van der Waals surface area contributed by atoms with E-state index in [1.165, 1.54) is 16.3 Å². The lowest BCUT2D eigenvalue weighted by Gasteiger charge is -2.16. The Labute approximate surface area is 146 Å². The van der Waals surface area contributed by atoms with Crippen LogP contribution in [0.2, 0.25) is 0 Å². The first-order valence-electron chi connectivity index (χ1n) is 8.54. The molecule has 0 bridgehead atoms. The fourth-order valence-corrected chi connectivity index (χ4v) is 3.32. The summed E-state index contributed by atoms with van der Waals surface area (Å²) in [4.78, 5) is 15.3. The highest BCUT2D eigenvalue weighted by atomic mass is 16.1. The minimum atomic E-state index is -0.0312. The number of pyridine rings is 1. The third-order valence-corrected chi connectivity index (χ3v) is 4.72. The predicted octanol–water partition coefficient (Wildman–Crippen LogP) is 4.53. The summed E-state index contributed by atoms with van der Waals surface area (Å²) in [6.07, 6.45) is 0. The maximum absolute atomic E-state index is 12.3. The summed E-state index contributed by atoms with van der Waals surface area (Å²) in [5, 5.41) is 7.03. The Morgan fingerprint density at radius 1 is 0.920 bits per heavy atom. The maximum Gasteiger partial charge on any atom is 0.252 e. The van der Waals surface area contributed by atoms with Gasteiger partial charge in [0, 0.05) is 23.7 Å². The van der Waals surface area contributed by atoms with Crippen LogP contribution in [0.5, 0.6) is 0 Å². The van der Waals surface area contributed by atoms with E-state index in [2.05, 4.69) is 59.7 Å².